The largest absolute Gasteiger partial charge is 0.372 e. The average molecular weight is 369 g/mol. The van der Waals surface area contributed by atoms with Crippen LogP contribution in [0.1, 0.15) is 43.9 Å². The molecule has 0 unspecified atom stereocenters. The van der Waals surface area contributed by atoms with Crippen molar-refractivity contribution in [2.45, 2.75) is 39.7 Å². The minimum atomic E-state index is 0.135. The first-order valence-corrected chi connectivity index (χ1v) is 9.77. The van der Waals surface area contributed by atoms with E-state index in [1.807, 2.05) is 25.3 Å². The van der Waals surface area contributed by atoms with Gasteiger partial charge in [-0.2, -0.15) is 0 Å². The number of benzene rings is 1. The molecule has 2 N–H and O–H groups in total. The second kappa shape index (κ2) is 8.49. The van der Waals surface area contributed by atoms with Crippen LogP contribution in [0.5, 0.6) is 0 Å². The number of pyridine rings is 1. The van der Waals surface area contributed by atoms with E-state index >= 15 is 0 Å². The molecule has 1 atom stereocenters. The molecule has 2 heterocycles. The monoisotopic (exact) mass is 368 g/mol. The lowest BCUT2D eigenvalue weighted by Crippen LogP contribution is -2.33. The lowest BCUT2D eigenvalue weighted by atomic mass is 9.98. The number of rotatable bonds is 4. The summed E-state index contributed by atoms with van der Waals surface area (Å²) in [6.07, 6.45) is 4.40. The Morgan fingerprint density at radius 1 is 1.15 bits per heavy atom. The van der Waals surface area contributed by atoms with Crippen molar-refractivity contribution in [3.63, 3.8) is 0 Å². The molecule has 1 fully saturated rings. The summed E-state index contributed by atoms with van der Waals surface area (Å²) >= 11 is 5.41. The summed E-state index contributed by atoms with van der Waals surface area (Å²) in [5.74, 6) is 1.61. The zero-order chi connectivity index (χ0) is 18.5. The zero-order valence-electron chi connectivity index (χ0n) is 15.8. The Morgan fingerprint density at radius 2 is 1.85 bits per heavy atom. The van der Waals surface area contributed by atoms with E-state index in [9.17, 15) is 0 Å². The maximum Gasteiger partial charge on any atom is 0.172 e. The number of aryl methyl sites for hydroxylation is 1. The quantitative estimate of drug-likeness (QED) is 0.767. The third-order valence-electron chi connectivity index (χ3n) is 5.04. The fourth-order valence-electron chi connectivity index (χ4n) is 3.21. The summed E-state index contributed by atoms with van der Waals surface area (Å²) in [4.78, 5) is 6.81. The van der Waals surface area contributed by atoms with Crippen molar-refractivity contribution in [3.05, 3.63) is 53.7 Å². The average Bonchev–Trinajstić information content (AvgIpc) is 2.64. The highest BCUT2D eigenvalue weighted by Gasteiger charge is 2.16. The zero-order valence-corrected chi connectivity index (χ0v) is 16.6. The highest BCUT2D eigenvalue weighted by atomic mass is 32.1. The maximum atomic E-state index is 5.41. The first-order chi connectivity index (χ1) is 12.5. The van der Waals surface area contributed by atoms with E-state index < -0.39 is 0 Å². The van der Waals surface area contributed by atoms with E-state index in [0.29, 0.717) is 5.11 Å². The SMILES string of the molecule is Cc1ccc(NC(=S)N[C@@H](C)c2ccc(N3CCC(C)CC3)cc2)nc1. The van der Waals surface area contributed by atoms with Crippen molar-refractivity contribution >= 4 is 28.8 Å². The molecule has 1 aliphatic rings. The van der Waals surface area contributed by atoms with Crippen molar-refractivity contribution < 1.29 is 0 Å². The molecule has 2 aromatic rings. The van der Waals surface area contributed by atoms with Gasteiger partial charge in [-0.1, -0.05) is 25.1 Å². The van der Waals surface area contributed by atoms with Crippen LogP contribution < -0.4 is 15.5 Å². The summed E-state index contributed by atoms with van der Waals surface area (Å²) in [5.41, 5.74) is 3.67. The Kier molecular flexibility index (Phi) is 6.09. The predicted octanol–water partition coefficient (Wildman–Crippen LogP) is 4.67. The molecule has 1 aromatic heterocycles. The number of nitrogens with zero attached hydrogens (tertiary/aromatic N) is 2. The fraction of sp³-hybridized carbons (Fsp3) is 0.429. The van der Waals surface area contributed by atoms with E-state index in [2.05, 4.69) is 58.6 Å². The van der Waals surface area contributed by atoms with Gasteiger partial charge in [0, 0.05) is 25.0 Å². The molecule has 1 saturated heterocycles. The van der Waals surface area contributed by atoms with Crippen molar-refractivity contribution in [2.24, 2.45) is 5.92 Å². The lowest BCUT2D eigenvalue weighted by molar-refractivity contribution is 0.438. The Morgan fingerprint density at radius 3 is 2.46 bits per heavy atom. The smallest absolute Gasteiger partial charge is 0.172 e. The number of anilines is 2. The highest BCUT2D eigenvalue weighted by Crippen LogP contribution is 2.24. The number of hydrogen-bond donors (Lipinski definition) is 2. The number of aromatic nitrogens is 1. The Labute approximate surface area is 162 Å². The Bertz CT molecular complexity index is 719. The summed E-state index contributed by atoms with van der Waals surface area (Å²) < 4.78 is 0. The molecule has 3 rings (SSSR count). The molecule has 138 valence electrons. The molecule has 0 spiro atoms. The first-order valence-electron chi connectivity index (χ1n) is 9.36. The van der Waals surface area contributed by atoms with Gasteiger partial charge in [-0.05, 0) is 74.2 Å². The number of hydrogen-bond acceptors (Lipinski definition) is 3. The third-order valence-corrected chi connectivity index (χ3v) is 5.26. The molecule has 0 bridgehead atoms. The molecule has 0 radical (unpaired) electrons. The van der Waals surface area contributed by atoms with Gasteiger partial charge in [-0.3, -0.25) is 0 Å². The van der Waals surface area contributed by atoms with Crippen LogP contribution in [0.25, 0.3) is 0 Å². The molecular formula is C21H28N4S. The van der Waals surface area contributed by atoms with E-state index in [-0.39, 0.29) is 6.04 Å². The summed E-state index contributed by atoms with van der Waals surface area (Å²) in [6, 6.07) is 12.9. The summed E-state index contributed by atoms with van der Waals surface area (Å²) in [6.45, 7) is 8.80. The van der Waals surface area contributed by atoms with Crippen molar-refractivity contribution in [2.75, 3.05) is 23.3 Å². The first kappa shape index (κ1) is 18.6. The van der Waals surface area contributed by atoms with E-state index in [1.165, 1.54) is 24.1 Å². The third kappa shape index (κ3) is 4.94. The standard InChI is InChI=1S/C21H28N4S/c1-15-10-12-25(13-11-15)19-7-5-18(6-8-19)17(3)23-21(26)24-20-9-4-16(2)14-22-20/h4-9,14-15,17H,10-13H2,1-3H3,(H2,22,23,24,26)/t17-/m0/s1. The summed E-state index contributed by atoms with van der Waals surface area (Å²) in [5, 5.41) is 7.05. The van der Waals surface area contributed by atoms with Gasteiger partial charge in [0.25, 0.3) is 0 Å². The van der Waals surface area contributed by atoms with Crippen LogP contribution in [-0.4, -0.2) is 23.2 Å². The van der Waals surface area contributed by atoms with E-state index in [1.54, 1.807) is 0 Å². The molecular weight excluding hydrogens is 340 g/mol. The van der Waals surface area contributed by atoms with Crippen LogP contribution in [0.3, 0.4) is 0 Å². The van der Waals surface area contributed by atoms with Gasteiger partial charge in [0.15, 0.2) is 5.11 Å². The molecule has 4 nitrogen and oxygen atoms in total. The van der Waals surface area contributed by atoms with Crippen LogP contribution in [-0.2, 0) is 0 Å². The molecule has 26 heavy (non-hydrogen) atoms. The topological polar surface area (TPSA) is 40.2 Å². The number of thiocarbonyl (C=S) groups is 1. The number of piperidine rings is 1. The normalized spacial score (nSPS) is 16.2. The Balaban J connectivity index is 1.54. The van der Waals surface area contributed by atoms with Gasteiger partial charge >= 0.3 is 0 Å². The molecule has 0 saturated carbocycles. The molecule has 1 aromatic carbocycles. The van der Waals surface area contributed by atoms with Gasteiger partial charge < -0.3 is 15.5 Å². The van der Waals surface area contributed by atoms with Gasteiger partial charge in [-0.25, -0.2) is 4.98 Å². The lowest BCUT2D eigenvalue weighted by Gasteiger charge is -2.32. The van der Waals surface area contributed by atoms with Crippen LogP contribution >= 0.6 is 12.2 Å². The van der Waals surface area contributed by atoms with Crippen molar-refractivity contribution in [1.82, 2.24) is 10.3 Å². The fourth-order valence-corrected chi connectivity index (χ4v) is 3.50. The predicted molar refractivity (Wildman–Crippen MR) is 114 cm³/mol. The molecule has 0 amide bonds. The van der Waals surface area contributed by atoms with E-state index in [4.69, 9.17) is 12.2 Å². The van der Waals surface area contributed by atoms with Gasteiger partial charge in [0.1, 0.15) is 5.82 Å². The minimum absolute atomic E-state index is 0.135. The van der Waals surface area contributed by atoms with Crippen LogP contribution in [0.4, 0.5) is 11.5 Å². The van der Waals surface area contributed by atoms with Gasteiger partial charge in [0.2, 0.25) is 0 Å². The van der Waals surface area contributed by atoms with Gasteiger partial charge in [-0.15, -0.1) is 0 Å². The van der Waals surface area contributed by atoms with Gasteiger partial charge in [0.05, 0.1) is 6.04 Å². The second-order valence-electron chi connectivity index (χ2n) is 7.30. The Hall–Kier alpha value is -2.14. The second-order valence-corrected chi connectivity index (χ2v) is 7.71. The highest BCUT2D eigenvalue weighted by molar-refractivity contribution is 7.80. The molecule has 0 aliphatic carbocycles. The van der Waals surface area contributed by atoms with Crippen LogP contribution in [0.2, 0.25) is 0 Å². The summed E-state index contributed by atoms with van der Waals surface area (Å²) in [7, 11) is 0. The molecule has 5 heteroatoms. The minimum Gasteiger partial charge on any atom is -0.372 e. The van der Waals surface area contributed by atoms with E-state index in [0.717, 1.165) is 30.4 Å². The van der Waals surface area contributed by atoms with Crippen molar-refractivity contribution in [1.29, 1.82) is 0 Å². The van der Waals surface area contributed by atoms with Crippen LogP contribution in [0, 0.1) is 12.8 Å². The van der Waals surface area contributed by atoms with Crippen molar-refractivity contribution in [3.8, 4) is 0 Å². The molecule has 1 aliphatic heterocycles. The van der Waals surface area contributed by atoms with Crippen LogP contribution in [0.15, 0.2) is 42.6 Å². The maximum absolute atomic E-state index is 5.41. The number of nitrogens with one attached hydrogen (secondary N) is 2.